The maximum atomic E-state index is 12.7. The van der Waals surface area contributed by atoms with E-state index in [9.17, 15) is 14.7 Å². The fourth-order valence-electron chi connectivity index (χ4n) is 4.85. The summed E-state index contributed by atoms with van der Waals surface area (Å²) in [5, 5.41) is 11.6. The van der Waals surface area contributed by atoms with Crippen LogP contribution in [0.3, 0.4) is 0 Å². The summed E-state index contributed by atoms with van der Waals surface area (Å²) >= 11 is 1.66. The van der Waals surface area contributed by atoms with Gasteiger partial charge in [0.15, 0.2) is 5.43 Å². The fourth-order valence-corrected chi connectivity index (χ4v) is 5.59. The predicted molar refractivity (Wildman–Crippen MR) is 122 cm³/mol. The monoisotopic (exact) mass is 435 g/mol. The van der Waals surface area contributed by atoms with Crippen LogP contribution in [0.2, 0.25) is 0 Å². The Morgan fingerprint density at radius 3 is 2.65 bits per heavy atom. The van der Waals surface area contributed by atoms with E-state index in [1.807, 2.05) is 16.0 Å². The Morgan fingerprint density at radius 2 is 2.00 bits per heavy atom. The van der Waals surface area contributed by atoms with Crippen LogP contribution >= 0.6 is 11.3 Å². The van der Waals surface area contributed by atoms with Crippen LogP contribution in [0.25, 0.3) is 21.7 Å². The number of carboxylic acid groups (broad SMARTS) is 1. The van der Waals surface area contributed by atoms with Crippen LogP contribution in [0.5, 0.6) is 5.75 Å². The van der Waals surface area contributed by atoms with Gasteiger partial charge in [-0.2, -0.15) is 0 Å². The number of ether oxygens (including phenoxy) is 1. The molecule has 2 aliphatic heterocycles. The Bertz CT molecular complexity index is 1280. The van der Waals surface area contributed by atoms with Crippen LogP contribution < -0.4 is 10.2 Å². The van der Waals surface area contributed by atoms with Crippen molar-refractivity contribution in [1.29, 1.82) is 0 Å². The number of nitrogens with zero attached hydrogens (tertiary/aromatic N) is 1. The van der Waals surface area contributed by atoms with Crippen molar-refractivity contribution in [2.45, 2.75) is 46.1 Å². The summed E-state index contributed by atoms with van der Waals surface area (Å²) in [6.07, 6.45) is 3.13. The van der Waals surface area contributed by atoms with Gasteiger partial charge >= 0.3 is 5.97 Å². The molecule has 0 radical (unpaired) electrons. The van der Waals surface area contributed by atoms with Crippen molar-refractivity contribution in [3.05, 3.63) is 62.8 Å². The first-order chi connectivity index (χ1) is 14.6. The number of hydrogen-bond donors (Lipinski definition) is 1. The smallest absolute Gasteiger partial charge is 0.341 e. The molecule has 0 saturated carbocycles. The Labute approximate surface area is 184 Å². The van der Waals surface area contributed by atoms with E-state index < -0.39 is 16.9 Å². The standard InChI is InChI=1S/C25H25NO4S/c1-24(2,3)25(4)12-17-14-7-8-30-22(14)16(21-6-5-9-31-21)10-15(17)19-11-20(27)18(23(28)29)13-26(19)25/h5-6,9-11,13H,7-8,12H2,1-4H3,(H,28,29)/t25-/m0/s1. The topological polar surface area (TPSA) is 68.5 Å². The number of hydrogen-bond acceptors (Lipinski definition) is 4. The molecule has 2 aliphatic rings. The molecule has 4 heterocycles. The first-order valence-corrected chi connectivity index (χ1v) is 11.4. The molecule has 5 rings (SSSR count). The first kappa shape index (κ1) is 20.1. The van der Waals surface area contributed by atoms with Crippen molar-refractivity contribution < 1.29 is 14.6 Å². The molecule has 1 aromatic carbocycles. The van der Waals surface area contributed by atoms with E-state index >= 15 is 0 Å². The highest BCUT2D eigenvalue weighted by Gasteiger charge is 2.45. The molecule has 5 nitrogen and oxygen atoms in total. The second-order valence-corrected chi connectivity index (χ2v) is 10.6. The summed E-state index contributed by atoms with van der Waals surface area (Å²) in [5.41, 5.74) is 4.02. The van der Waals surface area contributed by atoms with E-state index in [1.54, 1.807) is 17.5 Å². The Hall–Kier alpha value is -2.86. The number of pyridine rings is 1. The Morgan fingerprint density at radius 1 is 1.23 bits per heavy atom. The molecule has 2 aromatic heterocycles. The maximum absolute atomic E-state index is 12.7. The molecule has 0 spiro atoms. The summed E-state index contributed by atoms with van der Waals surface area (Å²) < 4.78 is 8.12. The minimum absolute atomic E-state index is 0.178. The summed E-state index contributed by atoms with van der Waals surface area (Å²) in [4.78, 5) is 25.6. The highest BCUT2D eigenvalue weighted by atomic mass is 32.1. The number of aromatic carboxylic acids is 1. The third-order valence-electron chi connectivity index (χ3n) is 7.11. The van der Waals surface area contributed by atoms with E-state index in [2.05, 4.69) is 39.8 Å². The molecule has 31 heavy (non-hydrogen) atoms. The lowest BCUT2D eigenvalue weighted by molar-refractivity contribution is 0.0689. The number of carbonyl (C=O) groups is 1. The first-order valence-electron chi connectivity index (χ1n) is 10.5. The average Bonchev–Trinajstić information content (AvgIpc) is 3.38. The molecule has 1 atom stereocenters. The number of fused-ring (bicyclic) bond motifs is 5. The Kier molecular flexibility index (Phi) is 4.25. The van der Waals surface area contributed by atoms with Crippen LogP contribution in [0.1, 0.15) is 49.2 Å². The van der Waals surface area contributed by atoms with Gasteiger partial charge in [0.25, 0.3) is 0 Å². The highest BCUT2D eigenvalue weighted by Crippen LogP contribution is 2.52. The van der Waals surface area contributed by atoms with Crippen molar-refractivity contribution in [1.82, 2.24) is 4.57 Å². The van der Waals surface area contributed by atoms with Crippen LogP contribution in [-0.2, 0) is 18.4 Å². The largest absolute Gasteiger partial charge is 0.492 e. The van der Waals surface area contributed by atoms with Crippen molar-refractivity contribution in [2.24, 2.45) is 5.41 Å². The molecule has 6 heteroatoms. The van der Waals surface area contributed by atoms with Gasteiger partial charge in [0.05, 0.1) is 17.8 Å². The van der Waals surface area contributed by atoms with Crippen molar-refractivity contribution in [2.75, 3.05) is 6.61 Å². The molecule has 0 saturated heterocycles. The summed E-state index contributed by atoms with van der Waals surface area (Å²) in [6.45, 7) is 9.30. The number of benzene rings is 1. The summed E-state index contributed by atoms with van der Waals surface area (Å²) in [6, 6.07) is 7.73. The number of carboxylic acids is 1. The van der Waals surface area contributed by atoms with Gasteiger partial charge in [-0.3, -0.25) is 4.79 Å². The quantitative estimate of drug-likeness (QED) is 0.601. The zero-order chi connectivity index (χ0) is 22.1. The molecular formula is C25H25NO4S. The molecule has 0 aliphatic carbocycles. The zero-order valence-corrected chi connectivity index (χ0v) is 18.9. The normalized spacial score (nSPS) is 19.4. The lowest BCUT2D eigenvalue weighted by Gasteiger charge is -2.49. The third kappa shape index (κ3) is 2.81. The van der Waals surface area contributed by atoms with E-state index in [0.717, 1.165) is 40.3 Å². The minimum atomic E-state index is -1.19. The third-order valence-corrected chi connectivity index (χ3v) is 8.01. The van der Waals surface area contributed by atoms with Crippen LogP contribution in [0.15, 0.2) is 40.6 Å². The number of thiophene rings is 1. The van der Waals surface area contributed by atoms with E-state index in [1.165, 1.54) is 17.2 Å². The minimum Gasteiger partial charge on any atom is -0.492 e. The SMILES string of the molecule is CC(C)(C)[C@]1(C)Cc2c(cc(-c3cccs3)c3c2CCO3)-c2cc(=O)c(C(=O)O)cn21. The van der Waals surface area contributed by atoms with Gasteiger partial charge in [-0.15, -0.1) is 11.3 Å². The Balaban J connectivity index is 1.88. The highest BCUT2D eigenvalue weighted by molar-refractivity contribution is 7.13. The van der Waals surface area contributed by atoms with Gasteiger partial charge in [-0.05, 0) is 41.8 Å². The summed E-state index contributed by atoms with van der Waals surface area (Å²) in [7, 11) is 0. The van der Waals surface area contributed by atoms with Gasteiger partial charge in [-0.25, -0.2) is 4.79 Å². The molecule has 0 bridgehead atoms. The van der Waals surface area contributed by atoms with Crippen LogP contribution in [0, 0.1) is 5.41 Å². The van der Waals surface area contributed by atoms with Crippen molar-refractivity contribution in [3.63, 3.8) is 0 Å². The number of rotatable bonds is 2. The maximum Gasteiger partial charge on any atom is 0.341 e. The van der Waals surface area contributed by atoms with E-state index in [0.29, 0.717) is 6.61 Å². The second-order valence-electron chi connectivity index (χ2n) is 9.65. The molecular weight excluding hydrogens is 410 g/mol. The van der Waals surface area contributed by atoms with Gasteiger partial charge in [0.2, 0.25) is 0 Å². The summed E-state index contributed by atoms with van der Waals surface area (Å²) in [5.74, 6) is -0.237. The van der Waals surface area contributed by atoms with Crippen molar-refractivity contribution in [3.8, 4) is 27.4 Å². The van der Waals surface area contributed by atoms with Crippen molar-refractivity contribution >= 4 is 17.3 Å². The fraction of sp³-hybridized carbons (Fsp3) is 0.360. The average molecular weight is 436 g/mol. The molecule has 0 unspecified atom stereocenters. The second kappa shape index (κ2) is 6.57. The molecule has 0 fully saturated rings. The lowest BCUT2D eigenvalue weighted by atomic mass is 9.67. The lowest BCUT2D eigenvalue weighted by Crippen LogP contribution is -2.48. The van der Waals surface area contributed by atoms with Gasteiger partial charge in [-0.1, -0.05) is 26.8 Å². The predicted octanol–water partition coefficient (Wildman–Crippen LogP) is 5.19. The molecule has 3 aromatic rings. The van der Waals surface area contributed by atoms with Gasteiger partial charge < -0.3 is 14.4 Å². The number of aromatic nitrogens is 1. The molecule has 1 N–H and O–H groups in total. The van der Waals surface area contributed by atoms with E-state index in [-0.39, 0.29) is 11.0 Å². The van der Waals surface area contributed by atoms with E-state index in [4.69, 9.17) is 4.74 Å². The zero-order valence-electron chi connectivity index (χ0n) is 18.1. The van der Waals surface area contributed by atoms with Crippen LogP contribution in [-0.4, -0.2) is 22.2 Å². The molecule has 160 valence electrons. The van der Waals surface area contributed by atoms with Gasteiger partial charge in [0.1, 0.15) is 11.3 Å². The molecule has 0 amide bonds. The van der Waals surface area contributed by atoms with Crippen LogP contribution in [0.4, 0.5) is 0 Å². The van der Waals surface area contributed by atoms with Gasteiger partial charge in [0, 0.05) is 40.3 Å².